The van der Waals surface area contributed by atoms with E-state index >= 15 is 4.39 Å². The number of nitrogens with zero attached hydrogens (tertiary/aromatic N) is 6. The summed E-state index contributed by atoms with van der Waals surface area (Å²) < 4.78 is 27.2. The molecule has 0 radical (unpaired) electrons. The topological polar surface area (TPSA) is 186 Å². The SMILES string of the molecule is COc1ccc(C(=O)N2CCC(CCN3CCC(Oc4ccc(-c5cc6c(-c7cc(F)cc(NC(=O)N8CC(O)C(CC(C)C)C8)c7C)ncnc6[nH]5)cc4)CC3)CC2)cc1N1CCC(=O)NC1=O. The number of imide groups is 1. The Balaban J connectivity index is 0.747. The number of anilines is 2. The molecule has 364 valence electrons. The third-order valence-electron chi connectivity index (χ3n) is 14.3. The number of carbonyl (C=O) groups excluding carboxylic acids is 4. The normalized spacial score (nSPS) is 19.7. The van der Waals surface area contributed by atoms with Gasteiger partial charge in [0, 0.05) is 86.0 Å². The number of halogens is 1. The maximum absolute atomic E-state index is 15.2. The molecule has 4 aliphatic heterocycles. The highest BCUT2D eigenvalue weighted by molar-refractivity contribution is 6.07. The molecule has 0 aliphatic carbocycles. The van der Waals surface area contributed by atoms with Crippen LogP contribution in [0.5, 0.6) is 11.5 Å². The van der Waals surface area contributed by atoms with Gasteiger partial charge in [-0.05, 0) is 136 Å². The highest BCUT2D eigenvalue weighted by atomic mass is 19.1. The molecule has 16 nitrogen and oxygen atoms in total. The van der Waals surface area contributed by atoms with Gasteiger partial charge in [0.1, 0.15) is 35.4 Å². The van der Waals surface area contributed by atoms with E-state index in [1.807, 2.05) is 42.2 Å². The fourth-order valence-corrected chi connectivity index (χ4v) is 10.4. The maximum Gasteiger partial charge on any atom is 0.328 e. The fourth-order valence-electron chi connectivity index (χ4n) is 10.4. The number of urea groups is 2. The first kappa shape index (κ1) is 47.5. The molecule has 4 fully saturated rings. The van der Waals surface area contributed by atoms with E-state index in [1.165, 1.54) is 30.5 Å². The number of aromatic nitrogens is 3. The number of carbonyl (C=O) groups is 4. The second-order valence-corrected chi connectivity index (χ2v) is 19.4. The van der Waals surface area contributed by atoms with Crippen molar-refractivity contribution in [3.63, 3.8) is 0 Å². The van der Waals surface area contributed by atoms with Crippen LogP contribution in [0.15, 0.2) is 67.0 Å². The molecule has 17 heteroatoms. The molecule has 9 rings (SSSR count). The van der Waals surface area contributed by atoms with Gasteiger partial charge >= 0.3 is 12.1 Å². The van der Waals surface area contributed by atoms with E-state index in [2.05, 4.69) is 44.3 Å². The summed E-state index contributed by atoms with van der Waals surface area (Å²) in [7, 11) is 1.52. The van der Waals surface area contributed by atoms with Crippen LogP contribution >= 0.6 is 0 Å². The summed E-state index contributed by atoms with van der Waals surface area (Å²) in [5.74, 6) is 1.31. The number of amides is 6. The summed E-state index contributed by atoms with van der Waals surface area (Å²) in [6.45, 7) is 11.2. The number of piperidine rings is 2. The molecule has 6 heterocycles. The molecule has 6 amide bonds. The first-order chi connectivity index (χ1) is 33.3. The van der Waals surface area contributed by atoms with Gasteiger partial charge in [0.15, 0.2) is 0 Å². The minimum Gasteiger partial charge on any atom is -0.495 e. The number of likely N-dealkylation sites (tertiary alicyclic amines) is 3. The van der Waals surface area contributed by atoms with Crippen LogP contribution in [0.4, 0.5) is 25.4 Å². The van der Waals surface area contributed by atoms with E-state index in [1.54, 1.807) is 23.1 Å². The minimum absolute atomic E-state index is 0.00632. The van der Waals surface area contributed by atoms with Crippen LogP contribution in [0.1, 0.15) is 74.7 Å². The number of benzene rings is 3. The quantitative estimate of drug-likeness (QED) is 0.0907. The molecule has 2 aromatic heterocycles. The molecule has 0 spiro atoms. The van der Waals surface area contributed by atoms with Crippen molar-refractivity contribution in [1.29, 1.82) is 0 Å². The van der Waals surface area contributed by atoms with Crippen molar-refractivity contribution in [2.24, 2.45) is 17.8 Å². The first-order valence-electron chi connectivity index (χ1n) is 24.3. The lowest BCUT2D eigenvalue weighted by Gasteiger charge is -2.35. The zero-order valence-electron chi connectivity index (χ0n) is 39.8. The standard InChI is InChI=1S/C52H62FN9O7/c1-31(2)23-36-28-61(29-45(36)63)51(66)57-42-26-37(53)25-40(32(42)3)48-41-27-43(56-49(41)55-30-54-48)34-5-8-38(9-6-34)69-39-14-18-59(19-15-39)17-11-33-12-20-60(21-13-33)50(65)35-7-10-46(68-4)44(24-35)62-22-16-47(64)58-52(62)67/h5-10,24-27,30-31,33,36,39,45,63H,11-23,28-29H2,1-4H3,(H,57,66)(H,54,55,56)(H,58,64,67). The number of hydrogen-bond acceptors (Lipinski definition) is 10. The molecule has 3 aromatic carbocycles. The highest BCUT2D eigenvalue weighted by Crippen LogP contribution is 2.37. The summed E-state index contributed by atoms with van der Waals surface area (Å²) in [4.78, 5) is 71.1. The number of nitrogens with one attached hydrogen (secondary N) is 3. The molecular weight excluding hydrogens is 882 g/mol. The summed E-state index contributed by atoms with van der Waals surface area (Å²) in [5, 5.41) is 16.5. The van der Waals surface area contributed by atoms with Crippen molar-refractivity contribution in [3.8, 4) is 34.0 Å². The van der Waals surface area contributed by atoms with E-state index in [0.717, 1.165) is 80.6 Å². The van der Waals surface area contributed by atoms with Gasteiger partial charge in [-0.1, -0.05) is 13.8 Å². The monoisotopic (exact) mass is 943 g/mol. The van der Waals surface area contributed by atoms with Gasteiger partial charge in [-0.15, -0.1) is 0 Å². The molecule has 2 unspecified atom stereocenters. The first-order valence-corrected chi connectivity index (χ1v) is 24.3. The van der Waals surface area contributed by atoms with Crippen LogP contribution < -0.4 is 25.0 Å². The Morgan fingerprint density at radius 3 is 2.42 bits per heavy atom. The van der Waals surface area contributed by atoms with Crippen LogP contribution in [0.2, 0.25) is 0 Å². The van der Waals surface area contributed by atoms with Crippen molar-refractivity contribution < 1.29 is 38.1 Å². The van der Waals surface area contributed by atoms with Gasteiger partial charge in [-0.25, -0.2) is 23.9 Å². The van der Waals surface area contributed by atoms with Crippen LogP contribution in [-0.4, -0.2) is 130 Å². The van der Waals surface area contributed by atoms with Crippen molar-refractivity contribution in [1.82, 2.24) is 35.0 Å². The third-order valence-corrected chi connectivity index (χ3v) is 14.3. The summed E-state index contributed by atoms with van der Waals surface area (Å²) in [6.07, 6.45) is 6.80. The number of aliphatic hydroxyl groups excluding tert-OH is 1. The highest BCUT2D eigenvalue weighted by Gasteiger charge is 2.35. The molecule has 69 heavy (non-hydrogen) atoms. The fraction of sp³-hybridized carbons (Fsp3) is 0.462. The number of methoxy groups -OCH3 is 1. The van der Waals surface area contributed by atoms with Crippen molar-refractivity contribution in [2.75, 3.05) is 69.7 Å². The van der Waals surface area contributed by atoms with Crippen LogP contribution in [0.3, 0.4) is 0 Å². The largest absolute Gasteiger partial charge is 0.495 e. The van der Waals surface area contributed by atoms with Crippen LogP contribution in [0.25, 0.3) is 33.5 Å². The Kier molecular flexibility index (Phi) is 14.1. The molecule has 0 bridgehead atoms. The smallest absolute Gasteiger partial charge is 0.328 e. The second-order valence-electron chi connectivity index (χ2n) is 19.4. The van der Waals surface area contributed by atoms with Gasteiger partial charge in [0.05, 0.1) is 24.6 Å². The number of H-pyrrole nitrogens is 1. The Labute approximate surface area is 401 Å². The number of rotatable bonds is 13. The molecule has 5 aromatic rings. The predicted octanol–water partition coefficient (Wildman–Crippen LogP) is 7.85. The molecule has 0 saturated carbocycles. The molecule has 4 saturated heterocycles. The Hall–Kier alpha value is -6.59. The summed E-state index contributed by atoms with van der Waals surface area (Å²) >= 11 is 0. The number of aliphatic hydroxyl groups is 1. The lowest BCUT2D eigenvalue weighted by Crippen LogP contribution is -2.49. The second kappa shape index (κ2) is 20.6. The molecule has 2 atom stereocenters. The number of aromatic amines is 1. The van der Waals surface area contributed by atoms with E-state index < -0.39 is 18.0 Å². The average Bonchev–Trinajstić information content (AvgIpc) is 3.95. The van der Waals surface area contributed by atoms with Gasteiger partial charge in [0.2, 0.25) is 5.91 Å². The zero-order valence-corrected chi connectivity index (χ0v) is 39.8. The van der Waals surface area contributed by atoms with Crippen molar-refractivity contribution >= 4 is 46.3 Å². The van der Waals surface area contributed by atoms with Gasteiger partial charge in [-0.3, -0.25) is 19.8 Å². The van der Waals surface area contributed by atoms with Gasteiger partial charge < -0.3 is 39.6 Å². The maximum atomic E-state index is 15.2. The number of fused-ring (bicyclic) bond motifs is 1. The van der Waals surface area contributed by atoms with E-state index in [0.29, 0.717) is 76.6 Å². The molecule has 4 N–H and O–H groups in total. The lowest BCUT2D eigenvalue weighted by molar-refractivity contribution is -0.120. The van der Waals surface area contributed by atoms with Gasteiger partial charge in [-0.2, -0.15) is 0 Å². The Morgan fingerprint density at radius 1 is 0.928 bits per heavy atom. The Bertz CT molecular complexity index is 2690. The van der Waals surface area contributed by atoms with E-state index in [4.69, 9.17) is 9.47 Å². The van der Waals surface area contributed by atoms with E-state index in [9.17, 15) is 24.3 Å². The molecule has 4 aliphatic rings. The average molecular weight is 944 g/mol. The number of ether oxygens (including phenoxy) is 2. The lowest BCUT2D eigenvalue weighted by atomic mass is 9.92. The number of hydrogen-bond donors (Lipinski definition) is 4. The predicted molar refractivity (Wildman–Crippen MR) is 261 cm³/mol. The summed E-state index contributed by atoms with van der Waals surface area (Å²) in [5.41, 5.74) is 5.42. The summed E-state index contributed by atoms with van der Waals surface area (Å²) in [6, 6.07) is 16.9. The Morgan fingerprint density at radius 2 is 1.70 bits per heavy atom. The van der Waals surface area contributed by atoms with Crippen molar-refractivity contribution in [2.45, 2.75) is 77.9 Å². The third kappa shape index (κ3) is 10.7. The van der Waals surface area contributed by atoms with Gasteiger partial charge in [0.25, 0.3) is 5.91 Å². The van der Waals surface area contributed by atoms with Crippen LogP contribution in [0, 0.1) is 30.5 Å². The van der Waals surface area contributed by atoms with E-state index in [-0.39, 0.29) is 49.4 Å². The number of β-amino-alcohol motifs (C(OH)–C–C–N with tert-alkyl or cyclic N) is 1. The van der Waals surface area contributed by atoms with Crippen LogP contribution in [-0.2, 0) is 4.79 Å². The van der Waals surface area contributed by atoms with Crippen molar-refractivity contribution in [3.05, 3.63) is 83.9 Å². The zero-order chi connectivity index (χ0) is 48.3. The molecular formula is C52H62FN9O7. The minimum atomic E-state index is -0.589.